The Morgan fingerprint density at radius 1 is 0.794 bits per heavy atom. The summed E-state index contributed by atoms with van der Waals surface area (Å²) in [5, 5.41) is 0. The summed E-state index contributed by atoms with van der Waals surface area (Å²) in [6, 6.07) is 16.6. The number of carbonyl (C=O) groups excluding carboxylic acids is 5. The van der Waals surface area contributed by atoms with Crippen molar-refractivity contribution >= 4 is 35.0 Å². The van der Waals surface area contributed by atoms with Gasteiger partial charge in [-0.05, 0) is 49.4 Å². The average Bonchev–Trinajstić information content (AvgIpc) is 3.11. The molecule has 4 rings (SSSR count). The quantitative estimate of drug-likeness (QED) is 0.302. The predicted octanol–water partition coefficient (Wildman–Crippen LogP) is 3.74. The second kappa shape index (κ2) is 9.11. The second-order valence-electron chi connectivity index (χ2n) is 7.54. The Morgan fingerprint density at radius 2 is 1.50 bits per heavy atom. The van der Waals surface area contributed by atoms with Gasteiger partial charge in [0.15, 0.2) is 18.2 Å². The lowest BCUT2D eigenvalue weighted by molar-refractivity contribution is 0.0474. The molecule has 2 amide bonds. The zero-order valence-electron chi connectivity index (χ0n) is 18.4. The number of rotatable bonds is 7. The molecule has 34 heavy (non-hydrogen) atoms. The Morgan fingerprint density at radius 3 is 2.24 bits per heavy atom. The number of benzene rings is 3. The third-order valence-electron chi connectivity index (χ3n) is 5.36. The summed E-state index contributed by atoms with van der Waals surface area (Å²) in [6.07, 6.45) is 0. The Labute approximate surface area is 194 Å². The van der Waals surface area contributed by atoms with Gasteiger partial charge < -0.3 is 9.47 Å². The molecule has 1 heterocycles. The van der Waals surface area contributed by atoms with Gasteiger partial charge in [-0.25, -0.2) is 9.69 Å². The smallest absolute Gasteiger partial charge is 0.338 e. The van der Waals surface area contributed by atoms with Crippen molar-refractivity contribution in [2.75, 3.05) is 18.6 Å². The van der Waals surface area contributed by atoms with Gasteiger partial charge in [0.05, 0.1) is 29.5 Å². The molecule has 0 saturated heterocycles. The van der Waals surface area contributed by atoms with Gasteiger partial charge in [-0.3, -0.25) is 19.2 Å². The summed E-state index contributed by atoms with van der Waals surface area (Å²) in [5.74, 6) is -2.12. The summed E-state index contributed by atoms with van der Waals surface area (Å²) in [5.41, 5.74) is 1.13. The molecule has 0 aromatic heterocycles. The van der Waals surface area contributed by atoms with Crippen LogP contribution in [0, 0.1) is 0 Å². The van der Waals surface area contributed by atoms with Crippen LogP contribution >= 0.6 is 0 Å². The van der Waals surface area contributed by atoms with E-state index in [4.69, 9.17) is 9.47 Å². The van der Waals surface area contributed by atoms with Gasteiger partial charge in [0.1, 0.15) is 5.75 Å². The SMILES string of the molecule is COc1cccc(C(=O)COC(=O)c2ccc3c(c2)C(=O)N(c2cccc(C(C)=O)c2)C3=O)c1. The van der Waals surface area contributed by atoms with E-state index in [-0.39, 0.29) is 28.2 Å². The van der Waals surface area contributed by atoms with Gasteiger partial charge in [-0.2, -0.15) is 0 Å². The van der Waals surface area contributed by atoms with Crippen LogP contribution < -0.4 is 9.64 Å². The molecule has 0 N–H and O–H groups in total. The molecular weight excluding hydrogens is 438 g/mol. The van der Waals surface area contributed by atoms with Crippen molar-refractivity contribution in [2.24, 2.45) is 0 Å². The molecule has 3 aromatic carbocycles. The Hall–Kier alpha value is -4.59. The molecule has 170 valence electrons. The van der Waals surface area contributed by atoms with E-state index in [2.05, 4.69) is 0 Å². The number of hydrogen-bond acceptors (Lipinski definition) is 7. The zero-order valence-corrected chi connectivity index (χ0v) is 18.4. The highest BCUT2D eigenvalue weighted by Gasteiger charge is 2.37. The van der Waals surface area contributed by atoms with E-state index in [0.29, 0.717) is 16.9 Å². The highest BCUT2D eigenvalue weighted by molar-refractivity contribution is 6.34. The number of ketones is 2. The molecule has 0 unspecified atom stereocenters. The number of nitrogens with zero attached hydrogens (tertiary/aromatic N) is 1. The first kappa shape index (κ1) is 22.6. The number of hydrogen-bond donors (Lipinski definition) is 0. The standard InChI is InChI=1S/C26H19NO7/c1-15(28)16-5-3-7-19(11-16)27-24(30)21-10-9-18(13-22(21)25(27)31)26(32)34-14-23(29)17-6-4-8-20(12-17)33-2/h3-13H,14H2,1-2H3. The van der Waals surface area contributed by atoms with E-state index in [1.807, 2.05) is 0 Å². The van der Waals surface area contributed by atoms with Crippen molar-refractivity contribution in [1.82, 2.24) is 0 Å². The fourth-order valence-corrected chi connectivity index (χ4v) is 3.56. The van der Waals surface area contributed by atoms with E-state index in [1.165, 1.54) is 44.4 Å². The maximum absolute atomic E-state index is 13.0. The Balaban J connectivity index is 1.51. The number of amides is 2. The van der Waals surface area contributed by atoms with Gasteiger partial charge in [0.25, 0.3) is 11.8 Å². The monoisotopic (exact) mass is 457 g/mol. The molecule has 8 heteroatoms. The number of fused-ring (bicyclic) bond motifs is 1. The average molecular weight is 457 g/mol. The summed E-state index contributed by atoms with van der Waals surface area (Å²) in [6.45, 7) is 0.887. The molecule has 0 radical (unpaired) electrons. The Bertz CT molecular complexity index is 1360. The second-order valence-corrected chi connectivity index (χ2v) is 7.54. The molecule has 1 aliphatic rings. The number of carbonyl (C=O) groups is 5. The molecule has 0 fully saturated rings. The molecule has 1 aliphatic heterocycles. The number of anilines is 1. The van der Waals surface area contributed by atoms with Gasteiger partial charge in [-0.1, -0.05) is 24.3 Å². The van der Waals surface area contributed by atoms with Crippen LogP contribution in [0.4, 0.5) is 5.69 Å². The van der Waals surface area contributed by atoms with Crippen LogP contribution in [-0.4, -0.2) is 43.1 Å². The first-order valence-corrected chi connectivity index (χ1v) is 10.3. The summed E-state index contributed by atoms with van der Waals surface area (Å²) < 4.78 is 10.2. The zero-order chi connectivity index (χ0) is 24.4. The van der Waals surface area contributed by atoms with Crippen LogP contribution in [0.25, 0.3) is 0 Å². The first-order chi connectivity index (χ1) is 16.3. The molecule has 0 saturated carbocycles. The van der Waals surface area contributed by atoms with E-state index in [9.17, 15) is 24.0 Å². The summed E-state index contributed by atoms with van der Waals surface area (Å²) in [4.78, 5) is 63.3. The fraction of sp³-hybridized carbons (Fsp3) is 0.115. The predicted molar refractivity (Wildman–Crippen MR) is 122 cm³/mol. The van der Waals surface area contributed by atoms with Crippen LogP contribution in [0.1, 0.15) is 58.7 Å². The first-order valence-electron chi connectivity index (χ1n) is 10.3. The third kappa shape index (κ3) is 4.21. The van der Waals surface area contributed by atoms with Crippen LogP contribution in [0.3, 0.4) is 0 Å². The molecule has 8 nitrogen and oxygen atoms in total. The minimum atomic E-state index is -0.809. The van der Waals surface area contributed by atoms with Gasteiger partial charge in [0.2, 0.25) is 0 Å². The van der Waals surface area contributed by atoms with Crippen molar-refractivity contribution in [2.45, 2.75) is 6.92 Å². The highest BCUT2D eigenvalue weighted by atomic mass is 16.5. The summed E-state index contributed by atoms with van der Waals surface area (Å²) >= 11 is 0. The Kier molecular flexibility index (Phi) is 6.05. The van der Waals surface area contributed by atoms with Crippen molar-refractivity contribution in [1.29, 1.82) is 0 Å². The van der Waals surface area contributed by atoms with Crippen molar-refractivity contribution in [3.05, 3.63) is 94.5 Å². The van der Waals surface area contributed by atoms with E-state index >= 15 is 0 Å². The van der Waals surface area contributed by atoms with E-state index in [0.717, 1.165) is 4.90 Å². The highest BCUT2D eigenvalue weighted by Crippen LogP contribution is 2.30. The summed E-state index contributed by atoms with van der Waals surface area (Å²) in [7, 11) is 1.48. The largest absolute Gasteiger partial charge is 0.497 e. The minimum absolute atomic E-state index is 0.0256. The van der Waals surface area contributed by atoms with Crippen LogP contribution in [0.15, 0.2) is 66.7 Å². The number of methoxy groups -OCH3 is 1. The number of ether oxygens (including phenoxy) is 2. The maximum Gasteiger partial charge on any atom is 0.338 e. The van der Waals surface area contributed by atoms with E-state index < -0.39 is 30.2 Å². The van der Waals surface area contributed by atoms with Crippen molar-refractivity contribution in [3.63, 3.8) is 0 Å². The lowest BCUT2D eigenvalue weighted by atomic mass is 10.1. The third-order valence-corrected chi connectivity index (χ3v) is 5.36. The molecule has 0 atom stereocenters. The normalized spacial score (nSPS) is 12.4. The van der Waals surface area contributed by atoms with Gasteiger partial charge >= 0.3 is 5.97 Å². The molecule has 0 spiro atoms. The van der Waals surface area contributed by atoms with Gasteiger partial charge in [-0.15, -0.1) is 0 Å². The fourth-order valence-electron chi connectivity index (χ4n) is 3.56. The van der Waals surface area contributed by atoms with Crippen molar-refractivity contribution in [3.8, 4) is 5.75 Å². The lowest BCUT2D eigenvalue weighted by Crippen LogP contribution is -2.29. The van der Waals surface area contributed by atoms with Gasteiger partial charge in [0, 0.05) is 11.1 Å². The maximum atomic E-state index is 13.0. The number of esters is 1. The minimum Gasteiger partial charge on any atom is -0.497 e. The molecular formula is C26H19NO7. The van der Waals surface area contributed by atoms with Crippen LogP contribution in [0.2, 0.25) is 0 Å². The van der Waals surface area contributed by atoms with Crippen LogP contribution in [-0.2, 0) is 4.74 Å². The molecule has 0 aliphatic carbocycles. The van der Waals surface area contributed by atoms with E-state index in [1.54, 1.807) is 36.4 Å². The number of Topliss-reactive ketones (excluding diaryl/α,β-unsaturated/α-hetero) is 2. The topological polar surface area (TPSA) is 107 Å². The molecule has 0 bridgehead atoms. The molecule has 3 aromatic rings. The van der Waals surface area contributed by atoms with Crippen molar-refractivity contribution < 1.29 is 33.4 Å². The van der Waals surface area contributed by atoms with Crippen LogP contribution in [0.5, 0.6) is 5.75 Å². The lowest BCUT2D eigenvalue weighted by Gasteiger charge is -2.14. The number of imide groups is 1.